The zero-order valence-corrected chi connectivity index (χ0v) is 18.3. The largest absolute Gasteiger partial charge is 0.497 e. The molecule has 0 saturated carbocycles. The molecule has 2 fully saturated rings. The van der Waals surface area contributed by atoms with E-state index < -0.39 is 0 Å². The molecule has 160 valence electrons. The minimum Gasteiger partial charge on any atom is -0.497 e. The van der Waals surface area contributed by atoms with E-state index in [2.05, 4.69) is 53.1 Å². The maximum Gasteiger partial charge on any atom is 0.222 e. The van der Waals surface area contributed by atoms with Gasteiger partial charge < -0.3 is 9.64 Å². The van der Waals surface area contributed by atoms with Crippen molar-refractivity contribution >= 4 is 5.91 Å². The SMILES string of the molecule is CCc1ccc(CN2CC[C@H]3[C@H](CCC(=O)N3CCc3ccc(OC)cc3)C2)cc1. The third-order valence-electron chi connectivity index (χ3n) is 6.87. The summed E-state index contributed by atoms with van der Waals surface area (Å²) in [4.78, 5) is 17.5. The molecule has 2 aliphatic heterocycles. The number of fused-ring (bicyclic) bond motifs is 1. The second kappa shape index (κ2) is 9.65. The Hall–Kier alpha value is -2.33. The average Bonchev–Trinajstić information content (AvgIpc) is 2.79. The number of benzene rings is 2. The molecule has 2 atom stereocenters. The molecule has 0 radical (unpaired) electrons. The van der Waals surface area contributed by atoms with Gasteiger partial charge in [0.25, 0.3) is 0 Å². The van der Waals surface area contributed by atoms with Crippen molar-refractivity contribution in [3.8, 4) is 5.75 Å². The average molecular weight is 407 g/mol. The Morgan fingerprint density at radius 1 is 0.967 bits per heavy atom. The van der Waals surface area contributed by atoms with Gasteiger partial charge in [-0.1, -0.05) is 43.3 Å². The Balaban J connectivity index is 1.34. The Kier molecular flexibility index (Phi) is 6.73. The van der Waals surface area contributed by atoms with Crippen LogP contribution in [0.5, 0.6) is 5.75 Å². The number of likely N-dealkylation sites (tertiary alicyclic amines) is 2. The molecule has 0 N–H and O–H groups in total. The van der Waals surface area contributed by atoms with Gasteiger partial charge in [0.05, 0.1) is 7.11 Å². The van der Waals surface area contributed by atoms with Gasteiger partial charge in [-0.25, -0.2) is 0 Å². The van der Waals surface area contributed by atoms with E-state index >= 15 is 0 Å². The molecule has 2 aromatic carbocycles. The van der Waals surface area contributed by atoms with E-state index in [1.54, 1.807) is 7.11 Å². The Morgan fingerprint density at radius 2 is 1.67 bits per heavy atom. The summed E-state index contributed by atoms with van der Waals surface area (Å²) in [7, 11) is 1.69. The molecule has 1 amide bonds. The van der Waals surface area contributed by atoms with Crippen molar-refractivity contribution in [2.45, 2.75) is 51.6 Å². The van der Waals surface area contributed by atoms with Crippen LogP contribution in [0.25, 0.3) is 0 Å². The van der Waals surface area contributed by atoms with E-state index in [4.69, 9.17) is 4.74 Å². The summed E-state index contributed by atoms with van der Waals surface area (Å²) in [6.07, 6.45) is 4.82. The van der Waals surface area contributed by atoms with Crippen LogP contribution in [0.2, 0.25) is 0 Å². The lowest BCUT2D eigenvalue weighted by Crippen LogP contribution is -2.56. The Labute approximate surface area is 180 Å². The lowest BCUT2D eigenvalue weighted by molar-refractivity contribution is -0.141. The summed E-state index contributed by atoms with van der Waals surface area (Å²) in [5.74, 6) is 1.82. The van der Waals surface area contributed by atoms with Crippen LogP contribution in [-0.2, 0) is 24.2 Å². The van der Waals surface area contributed by atoms with Gasteiger partial charge in [-0.05, 0) is 60.4 Å². The summed E-state index contributed by atoms with van der Waals surface area (Å²) in [5.41, 5.74) is 4.06. The van der Waals surface area contributed by atoms with Gasteiger partial charge in [0.15, 0.2) is 0 Å². The minimum absolute atomic E-state index is 0.341. The predicted octanol–water partition coefficient (Wildman–Crippen LogP) is 4.31. The van der Waals surface area contributed by atoms with Crippen molar-refractivity contribution in [2.24, 2.45) is 5.92 Å². The maximum absolute atomic E-state index is 12.7. The fraction of sp³-hybridized carbons (Fsp3) is 0.500. The molecule has 4 rings (SSSR count). The second-order valence-electron chi connectivity index (χ2n) is 8.75. The topological polar surface area (TPSA) is 32.8 Å². The summed E-state index contributed by atoms with van der Waals surface area (Å²) < 4.78 is 5.25. The number of carbonyl (C=O) groups excluding carboxylic acids is 1. The van der Waals surface area contributed by atoms with E-state index in [0.29, 0.717) is 24.3 Å². The van der Waals surface area contributed by atoms with E-state index in [0.717, 1.165) is 57.6 Å². The number of amides is 1. The molecule has 2 aromatic rings. The van der Waals surface area contributed by atoms with E-state index in [1.165, 1.54) is 16.7 Å². The van der Waals surface area contributed by atoms with Gasteiger partial charge >= 0.3 is 0 Å². The molecule has 0 spiro atoms. The van der Waals surface area contributed by atoms with Crippen LogP contribution in [0.15, 0.2) is 48.5 Å². The second-order valence-corrected chi connectivity index (χ2v) is 8.75. The highest BCUT2D eigenvalue weighted by Gasteiger charge is 2.38. The van der Waals surface area contributed by atoms with Crippen LogP contribution in [0.3, 0.4) is 0 Å². The number of carbonyl (C=O) groups is 1. The molecule has 2 aliphatic rings. The third kappa shape index (κ3) is 4.86. The maximum atomic E-state index is 12.7. The third-order valence-corrected chi connectivity index (χ3v) is 6.87. The molecule has 0 aromatic heterocycles. The first kappa shape index (κ1) is 20.9. The number of piperidine rings is 2. The Morgan fingerprint density at radius 3 is 2.37 bits per heavy atom. The highest BCUT2D eigenvalue weighted by molar-refractivity contribution is 5.77. The van der Waals surface area contributed by atoms with Gasteiger partial charge in [0, 0.05) is 38.6 Å². The Bertz CT molecular complexity index is 831. The summed E-state index contributed by atoms with van der Waals surface area (Å²) in [6, 6.07) is 17.7. The highest BCUT2D eigenvalue weighted by atomic mass is 16.5. The van der Waals surface area contributed by atoms with Crippen molar-refractivity contribution in [1.82, 2.24) is 9.80 Å². The number of nitrogens with zero attached hydrogens (tertiary/aromatic N) is 2. The summed E-state index contributed by atoms with van der Waals surface area (Å²) in [6.45, 7) is 6.22. The zero-order valence-electron chi connectivity index (χ0n) is 18.3. The lowest BCUT2D eigenvalue weighted by atomic mass is 9.83. The van der Waals surface area contributed by atoms with Crippen LogP contribution in [-0.4, -0.2) is 48.5 Å². The van der Waals surface area contributed by atoms with Gasteiger partial charge in [-0.15, -0.1) is 0 Å². The minimum atomic E-state index is 0.341. The highest BCUT2D eigenvalue weighted by Crippen LogP contribution is 2.32. The quantitative estimate of drug-likeness (QED) is 0.687. The van der Waals surface area contributed by atoms with Crippen molar-refractivity contribution < 1.29 is 9.53 Å². The van der Waals surface area contributed by atoms with Gasteiger partial charge in [-0.2, -0.15) is 0 Å². The number of aryl methyl sites for hydroxylation is 1. The van der Waals surface area contributed by atoms with Crippen LogP contribution >= 0.6 is 0 Å². The molecular formula is C26H34N2O2. The molecule has 0 bridgehead atoms. The standard InChI is InChI=1S/C26H34N2O2/c1-3-20-4-6-22(7-5-20)18-27-16-15-25-23(19-27)10-13-26(29)28(25)17-14-21-8-11-24(30-2)12-9-21/h4-9,11-12,23,25H,3,10,13-19H2,1-2H3/t23-,25+/m1/s1. The monoisotopic (exact) mass is 406 g/mol. The fourth-order valence-corrected chi connectivity index (χ4v) is 5.04. The summed E-state index contributed by atoms with van der Waals surface area (Å²) >= 11 is 0. The normalized spacial score (nSPS) is 22.1. The first-order chi connectivity index (χ1) is 14.7. The van der Waals surface area contributed by atoms with Crippen LogP contribution in [0, 0.1) is 5.92 Å². The first-order valence-corrected chi connectivity index (χ1v) is 11.4. The van der Waals surface area contributed by atoms with Gasteiger partial charge in [-0.3, -0.25) is 9.69 Å². The molecule has 2 heterocycles. The number of hydrogen-bond acceptors (Lipinski definition) is 3. The summed E-state index contributed by atoms with van der Waals surface area (Å²) in [5, 5.41) is 0. The predicted molar refractivity (Wildman–Crippen MR) is 121 cm³/mol. The van der Waals surface area contributed by atoms with Gasteiger partial charge in [0.1, 0.15) is 5.75 Å². The van der Waals surface area contributed by atoms with Crippen molar-refractivity contribution in [3.05, 3.63) is 65.2 Å². The van der Waals surface area contributed by atoms with Crippen molar-refractivity contribution in [3.63, 3.8) is 0 Å². The first-order valence-electron chi connectivity index (χ1n) is 11.4. The molecular weight excluding hydrogens is 372 g/mol. The smallest absolute Gasteiger partial charge is 0.222 e. The molecule has 4 heteroatoms. The number of ether oxygens (including phenoxy) is 1. The van der Waals surface area contributed by atoms with Crippen LogP contribution in [0.4, 0.5) is 0 Å². The zero-order chi connectivity index (χ0) is 20.9. The van der Waals surface area contributed by atoms with Crippen LogP contribution in [0.1, 0.15) is 42.9 Å². The molecule has 2 saturated heterocycles. The van der Waals surface area contributed by atoms with E-state index in [1.807, 2.05) is 12.1 Å². The van der Waals surface area contributed by atoms with Crippen molar-refractivity contribution in [2.75, 3.05) is 26.7 Å². The van der Waals surface area contributed by atoms with Gasteiger partial charge in [0.2, 0.25) is 5.91 Å². The van der Waals surface area contributed by atoms with E-state index in [9.17, 15) is 4.79 Å². The molecule has 0 aliphatic carbocycles. The molecule has 30 heavy (non-hydrogen) atoms. The lowest BCUT2D eigenvalue weighted by Gasteiger charge is -2.47. The molecule has 0 unspecified atom stereocenters. The van der Waals surface area contributed by atoms with E-state index in [-0.39, 0.29) is 0 Å². The fourth-order valence-electron chi connectivity index (χ4n) is 5.04. The molecule has 4 nitrogen and oxygen atoms in total. The van der Waals surface area contributed by atoms with Crippen LogP contribution < -0.4 is 4.74 Å². The van der Waals surface area contributed by atoms with Crippen molar-refractivity contribution in [1.29, 1.82) is 0 Å². The number of hydrogen-bond donors (Lipinski definition) is 0. The number of rotatable bonds is 7. The number of methoxy groups -OCH3 is 1.